The Morgan fingerprint density at radius 2 is 1.11 bits per heavy atom. The summed E-state index contributed by atoms with van der Waals surface area (Å²) < 4.78 is 0. The first-order valence-corrected chi connectivity index (χ1v) is 4.37. The Balaban J connectivity index is 2.05. The van der Waals surface area contributed by atoms with E-state index in [0.29, 0.717) is 0 Å². The lowest BCUT2D eigenvalue weighted by Gasteiger charge is -2.04. The van der Waals surface area contributed by atoms with Crippen LogP contribution < -0.4 is 0 Å². The maximum absolute atomic E-state index is 1.62. The van der Waals surface area contributed by atoms with Gasteiger partial charge in [-0.25, -0.2) is 0 Å². The van der Waals surface area contributed by atoms with E-state index >= 15 is 0 Å². The zero-order valence-electron chi connectivity index (χ0n) is 5.95. The van der Waals surface area contributed by atoms with Gasteiger partial charge in [0.2, 0.25) is 0 Å². The standard InChI is InChI=1S/C9H14/c1-3-8-5-2-6-9(8,4-1)7-8/h1-7H2. The molecule has 0 heteroatoms. The zero-order valence-corrected chi connectivity index (χ0v) is 5.95. The Labute approximate surface area is 56.6 Å². The van der Waals surface area contributed by atoms with Crippen molar-refractivity contribution in [2.75, 3.05) is 0 Å². The van der Waals surface area contributed by atoms with E-state index in [-0.39, 0.29) is 0 Å². The fourth-order valence-electron chi connectivity index (χ4n) is 3.80. The maximum Gasteiger partial charge on any atom is -0.0235 e. The van der Waals surface area contributed by atoms with Crippen LogP contribution in [0, 0.1) is 10.8 Å². The summed E-state index contributed by atoms with van der Waals surface area (Å²) in [4.78, 5) is 0. The molecule has 9 heavy (non-hydrogen) atoms. The molecule has 3 saturated carbocycles. The van der Waals surface area contributed by atoms with Crippen LogP contribution in [0.15, 0.2) is 0 Å². The third-order valence-corrected chi connectivity index (χ3v) is 4.30. The minimum absolute atomic E-state index is 0.951. The summed E-state index contributed by atoms with van der Waals surface area (Å²) in [6.45, 7) is 0. The molecule has 0 aromatic rings. The topological polar surface area (TPSA) is 0 Å². The summed E-state index contributed by atoms with van der Waals surface area (Å²) >= 11 is 0. The van der Waals surface area contributed by atoms with E-state index in [1.807, 2.05) is 0 Å². The molecule has 3 aliphatic carbocycles. The highest BCUT2D eigenvalue weighted by atomic mass is 14.7. The molecule has 0 radical (unpaired) electrons. The van der Waals surface area contributed by atoms with Gasteiger partial charge in [-0.05, 0) is 42.9 Å². The number of hydrogen-bond donors (Lipinski definition) is 0. The Morgan fingerprint density at radius 3 is 1.44 bits per heavy atom. The van der Waals surface area contributed by atoms with Gasteiger partial charge in [0, 0.05) is 0 Å². The van der Waals surface area contributed by atoms with Crippen molar-refractivity contribution in [3.8, 4) is 0 Å². The van der Waals surface area contributed by atoms with E-state index < -0.39 is 0 Å². The Bertz CT molecular complexity index is 120. The SMILES string of the molecule is C1CC23CCCC2(C1)C3. The van der Waals surface area contributed by atoms with Crippen molar-refractivity contribution in [2.24, 2.45) is 10.8 Å². The minimum Gasteiger partial charge on any atom is -0.0522 e. The van der Waals surface area contributed by atoms with Gasteiger partial charge in [0.1, 0.15) is 0 Å². The highest BCUT2D eigenvalue weighted by Crippen LogP contribution is 2.81. The first kappa shape index (κ1) is 4.76. The predicted molar refractivity (Wildman–Crippen MR) is 37.2 cm³/mol. The molecule has 0 nitrogen and oxygen atoms in total. The molecule has 0 aromatic heterocycles. The van der Waals surface area contributed by atoms with Crippen molar-refractivity contribution in [2.45, 2.75) is 44.9 Å². The van der Waals surface area contributed by atoms with Gasteiger partial charge < -0.3 is 0 Å². The molecule has 0 bridgehead atoms. The first-order valence-electron chi connectivity index (χ1n) is 4.37. The monoisotopic (exact) mass is 122 g/mol. The summed E-state index contributed by atoms with van der Waals surface area (Å²) in [6, 6.07) is 0. The second-order valence-corrected chi connectivity index (χ2v) is 4.44. The van der Waals surface area contributed by atoms with Crippen molar-refractivity contribution < 1.29 is 0 Å². The van der Waals surface area contributed by atoms with Gasteiger partial charge in [-0.3, -0.25) is 0 Å². The highest BCUT2D eigenvalue weighted by molar-refractivity contribution is 5.20. The van der Waals surface area contributed by atoms with E-state index in [4.69, 9.17) is 0 Å². The molecule has 0 amide bonds. The average Bonchev–Trinajstić information content (AvgIpc) is 2.11. The van der Waals surface area contributed by atoms with Crippen LogP contribution in [0.2, 0.25) is 0 Å². The van der Waals surface area contributed by atoms with Gasteiger partial charge in [-0.15, -0.1) is 0 Å². The van der Waals surface area contributed by atoms with Crippen LogP contribution in [0.1, 0.15) is 44.9 Å². The van der Waals surface area contributed by atoms with Crippen molar-refractivity contribution in [1.82, 2.24) is 0 Å². The molecule has 0 unspecified atom stereocenters. The molecule has 3 rings (SSSR count). The molecule has 0 aromatic carbocycles. The molecule has 3 fully saturated rings. The van der Waals surface area contributed by atoms with E-state index in [1.54, 1.807) is 44.9 Å². The second kappa shape index (κ2) is 1.09. The third kappa shape index (κ3) is 0.342. The Kier molecular flexibility index (Phi) is 0.574. The lowest BCUT2D eigenvalue weighted by Crippen LogP contribution is -1.95. The van der Waals surface area contributed by atoms with Crippen molar-refractivity contribution >= 4 is 0 Å². The normalized spacial score (nSPS) is 61.3. The van der Waals surface area contributed by atoms with Crippen LogP contribution in [0.4, 0.5) is 0 Å². The summed E-state index contributed by atoms with van der Waals surface area (Å²) in [5.74, 6) is 0. The van der Waals surface area contributed by atoms with Crippen LogP contribution in [0.5, 0.6) is 0 Å². The average molecular weight is 122 g/mol. The van der Waals surface area contributed by atoms with Gasteiger partial charge >= 0.3 is 0 Å². The van der Waals surface area contributed by atoms with Gasteiger partial charge in [0.25, 0.3) is 0 Å². The van der Waals surface area contributed by atoms with Crippen LogP contribution in [0.3, 0.4) is 0 Å². The van der Waals surface area contributed by atoms with Gasteiger partial charge in [-0.2, -0.15) is 0 Å². The largest absolute Gasteiger partial charge is 0.0522 e. The predicted octanol–water partition coefficient (Wildman–Crippen LogP) is 2.73. The molecular weight excluding hydrogens is 108 g/mol. The van der Waals surface area contributed by atoms with Crippen LogP contribution >= 0.6 is 0 Å². The minimum atomic E-state index is 0.951. The lowest BCUT2D eigenvalue weighted by molar-refractivity contribution is 0.457. The Hall–Kier alpha value is 0. The first-order chi connectivity index (χ1) is 4.37. The molecule has 0 N–H and O–H groups in total. The lowest BCUT2D eigenvalue weighted by atomic mass is 10.0. The molecule has 0 atom stereocenters. The molecule has 50 valence electrons. The van der Waals surface area contributed by atoms with Gasteiger partial charge in [-0.1, -0.05) is 12.8 Å². The number of hydrogen-bond acceptors (Lipinski definition) is 0. The van der Waals surface area contributed by atoms with Gasteiger partial charge in [0.05, 0.1) is 0 Å². The summed E-state index contributed by atoms with van der Waals surface area (Å²) in [5, 5.41) is 0. The van der Waals surface area contributed by atoms with Crippen LogP contribution in [-0.4, -0.2) is 0 Å². The quantitative estimate of drug-likeness (QED) is 0.463. The van der Waals surface area contributed by atoms with E-state index in [1.165, 1.54) is 0 Å². The Morgan fingerprint density at radius 1 is 0.667 bits per heavy atom. The van der Waals surface area contributed by atoms with Crippen molar-refractivity contribution in [1.29, 1.82) is 0 Å². The summed E-state index contributed by atoms with van der Waals surface area (Å²) in [6.07, 6.45) is 11.1. The van der Waals surface area contributed by atoms with Crippen LogP contribution in [0.25, 0.3) is 0 Å². The summed E-state index contributed by atoms with van der Waals surface area (Å²) in [5.41, 5.74) is 1.90. The highest BCUT2D eigenvalue weighted by Gasteiger charge is 2.70. The second-order valence-electron chi connectivity index (χ2n) is 4.44. The fraction of sp³-hybridized carbons (Fsp3) is 1.00. The molecular formula is C9H14. The van der Waals surface area contributed by atoms with Crippen molar-refractivity contribution in [3.05, 3.63) is 0 Å². The van der Waals surface area contributed by atoms with Crippen LogP contribution in [-0.2, 0) is 0 Å². The molecule has 3 aliphatic rings. The van der Waals surface area contributed by atoms with Gasteiger partial charge in [0.15, 0.2) is 0 Å². The molecule has 0 spiro atoms. The fourth-order valence-corrected chi connectivity index (χ4v) is 3.80. The molecule has 0 aliphatic heterocycles. The van der Waals surface area contributed by atoms with E-state index in [9.17, 15) is 0 Å². The molecule has 0 heterocycles. The summed E-state index contributed by atoms with van der Waals surface area (Å²) in [7, 11) is 0. The van der Waals surface area contributed by atoms with E-state index in [2.05, 4.69) is 0 Å². The number of rotatable bonds is 0. The van der Waals surface area contributed by atoms with Crippen molar-refractivity contribution in [3.63, 3.8) is 0 Å². The smallest absolute Gasteiger partial charge is 0.0235 e. The zero-order chi connectivity index (χ0) is 5.95. The third-order valence-electron chi connectivity index (χ3n) is 4.30. The maximum atomic E-state index is 1.62. The molecule has 0 saturated heterocycles. The van der Waals surface area contributed by atoms with E-state index in [0.717, 1.165) is 10.8 Å².